The van der Waals surface area contributed by atoms with Gasteiger partial charge >= 0.3 is 11.9 Å². The zero-order valence-corrected chi connectivity index (χ0v) is 12.2. The number of carbonyl (C=O) groups excluding carboxylic acids is 1. The Bertz CT molecular complexity index is 488. The molecule has 1 aliphatic heterocycles. The number of carboxylic acids is 1. The molecule has 0 bridgehead atoms. The highest BCUT2D eigenvalue weighted by molar-refractivity contribution is 5.76. The van der Waals surface area contributed by atoms with Crippen LogP contribution in [0.3, 0.4) is 0 Å². The summed E-state index contributed by atoms with van der Waals surface area (Å²) in [4.78, 5) is 25.4. The first-order valence-corrected chi connectivity index (χ1v) is 7.32. The first kappa shape index (κ1) is 15.5. The zero-order chi connectivity index (χ0) is 15.2. The number of benzene rings is 1. The number of piperidine rings is 1. The van der Waals surface area contributed by atoms with E-state index in [1.165, 1.54) is 0 Å². The van der Waals surface area contributed by atoms with Gasteiger partial charge in [-0.15, -0.1) is 0 Å². The number of carboxylic acid groups (broad SMARTS) is 1. The third kappa shape index (κ3) is 3.82. The summed E-state index contributed by atoms with van der Waals surface area (Å²) in [5, 5.41) is 9.55. The highest BCUT2D eigenvalue weighted by Gasteiger charge is 2.34. The maximum atomic E-state index is 11.9. The van der Waals surface area contributed by atoms with Gasteiger partial charge in [0.25, 0.3) is 0 Å². The predicted molar refractivity (Wildman–Crippen MR) is 77.7 cm³/mol. The van der Waals surface area contributed by atoms with Gasteiger partial charge in [0.05, 0.1) is 12.5 Å². The molecule has 1 heterocycles. The second kappa shape index (κ2) is 7.22. The number of hydrogen-bond acceptors (Lipinski definition) is 4. The number of rotatable bonds is 5. The summed E-state index contributed by atoms with van der Waals surface area (Å²) in [5.41, 5.74) is 0.745. The van der Waals surface area contributed by atoms with Gasteiger partial charge in [-0.1, -0.05) is 30.3 Å². The molecule has 0 aliphatic carbocycles. The Morgan fingerprint density at radius 2 is 2.10 bits per heavy atom. The van der Waals surface area contributed by atoms with Gasteiger partial charge in [-0.25, -0.2) is 0 Å². The quantitative estimate of drug-likeness (QED) is 0.841. The molecular formula is C16H21NO4. The lowest BCUT2D eigenvalue weighted by Gasteiger charge is -2.35. The Kier molecular flexibility index (Phi) is 5.33. The van der Waals surface area contributed by atoms with Gasteiger partial charge in [0.2, 0.25) is 0 Å². The SMILES string of the molecule is CCOC(=O)[C@@H]1CCCN([C@H](C(=O)O)c2ccccc2)C1. The summed E-state index contributed by atoms with van der Waals surface area (Å²) >= 11 is 0. The fraction of sp³-hybridized carbons (Fsp3) is 0.500. The third-order valence-corrected chi connectivity index (χ3v) is 3.79. The van der Waals surface area contributed by atoms with E-state index in [2.05, 4.69) is 0 Å². The minimum Gasteiger partial charge on any atom is -0.480 e. The second-order valence-corrected chi connectivity index (χ2v) is 5.24. The first-order valence-electron chi connectivity index (χ1n) is 7.32. The normalized spacial score (nSPS) is 20.7. The molecule has 0 radical (unpaired) electrons. The van der Waals surface area contributed by atoms with Crippen LogP contribution in [-0.4, -0.2) is 41.6 Å². The van der Waals surface area contributed by atoms with E-state index in [1.54, 1.807) is 6.92 Å². The molecule has 1 aromatic rings. The standard InChI is InChI=1S/C16H21NO4/c1-2-21-16(20)13-9-6-10-17(11-13)14(15(18)19)12-7-4-3-5-8-12/h3-5,7-8,13-14H,2,6,9-11H2,1H3,(H,18,19)/t13-,14+/m1/s1. The Hall–Kier alpha value is -1.88. The van der Waals surface area contributed by atoms with E-state index in [0.717, 1.165) is 18.4 Å². The highest BCUT2D eigenvalue weighted by atomic mass is 16.5. The first-order chi connectivity index (χ1) is 10.1. The lowest BCUT2D eigenvalue weighted by Crippen LogP contribution is -2.43. The summed E-state index contributed by atoms with van der Waals surface area (Å²) in [5.74, 6) is -1.34. The molecule has 5 heteroatoms. The van der Waals surface area contributed by atoms with Crippen LogP contribution >= 0.6 is 0 Å². The summed E-state index contributed by atoms with van der Waals surface area (Å²) in [6, 6.07) is 8.44. The minimum atomic E-state index is -0.884. The minimum absolute atomic E-state index is 0.223. The number of esters is 1. The Morgan fingerprint density at radius 1 is 1.38 bits per heavy atom. The smallest absolute Gasteiger partial charge is 0.325 e. The van der Waals surface area contributed by atoms with Crippen LogP contribution in [0.25, 0.3) is 0 Å². The van der Waals surface area contributed by atoms with Crippen molar-refractivity contribution in [1.29, 1.82) is 0 Å². The van der Waals surface area contributed by atoms with Gasteiger partial charge in [-0.3, -0.25) is 14.5 Å². The van der Waals surface area contributed by atoms with Crippen LogP contribution in [0.5, 0.6) is 0 Å². The van der Waals surface area contributed by atoms with E-state index in [9.17, 15) is 14.7 Å². The number of aliphatic carboxylic acids is 1. The van der Waals surface area contributed by atoms with Crippen LogP contribution in [0.1, 0.15) is 31.4 Å². The zero-order valence-electron chi connectivity index (χ0n) is 12.2. The van der Waals surface area contributed by atoms with Gasteiger partial charge in [-0.05, 0) is 31.9 Å². The topological polar surface area (TPSA) is 66.8 Å². The van der Waals surface area contributed by atoms with Crippen LogP contribution in [-0.2, 0) is 14.3 Å². The van der Waals surface area contributed by atoms with Gasteiger partial charge < -0.3 is 9.84 Å². The third-order valence-electron chi connectivity index (χ3n) is 3.79. The Morgan fingerprint density at radius 3 is 2.71 bits per heavy atom. The van der Waals surface area contributed by atoms with Gasteiger partial charge in [0.1, 0.15) is 6.04 Å². The highest BCUT2D eigenvalue weighted by Crippen LogP contribution is 2.27. The fourth-order valence-corrected chi connectivity index (χ4v) is 2.84. The molecule has 0 saturated carbocycles. The van der Waals surface area contributed by atoms with Crippen LogP contribution in [0.4, 0.5) is 0 Å². The monoisotopic (exact) mass is 291 g/mol. The maximum Gasteiger partial charge on any atom is 0.325 e. The second-order valence-electron chi connectivity index (χ2n) is 5.24. The molecule has 21 heavy (non-hydrogen) atoms. The van der Waals surface area contributed by atoms with Crippen molar-refractivity contribution in [2.75, 3.05) is 19.7 Å². The van der Waals surface area contributed by atoms with Gasteiger partial charge in [0.15, 0.2) is 0 Å². The molecule has 0 aromatic heterocycles. The Balaban J connectivity index is 2.14. The van der Waals surface area contributed by atoms with Crippen LogP contribution in [0, 0.1) is 5.92 Å². The average molecular weight is 291 g/mol. The molecule has 2 atom stereocenters. The molecular weight excluding hydrogens is 270 g/mol. The van der Waals surface area contributed by atoms with E-state index in [-0.39, 0.29) is 11.9 Å². The van der Waals surface area contributed by atoms with Crippen molar-refractivity contribution in [3.05, 3.63) is 35.9 Å². The summed E-state index contributed by atoms with van der Waals surface area (Å²) < 4.78 is 5.06. The lowest BCUT2D eigenvalue weighted by molar-refractivity contribution is -0.153. The number of nitrogens with zero attached hydrogens (tertiary/aromatic N) is 1. The molecule has 1 aliphatic rings. The number of hydrogen-bond donors (Lipinski definition) is 1. The molecule has 0 unspecified atom stereocenters. The van der Waals surface area contributed by atoms with E-state index in [1.807, 2.05) is 35.2 Å². The summed E-state index contributed by atoms with van der Waals surface area (Å²) in [6.45, 7) is 3.26. The van der Waals surface area contributed by atoms with E-state index in [4.69, 9.17) is 4.74 Å². The van der Waals surface area contributed by atoms with Crippen molar-refractivity contribution in [3.8, 4) is 0 Å². The predicted octanol–water partition coefficient (Wildman–Crippen LogP) is 2.09. The number of ether oxygens (including phenoxy) is 1. The largest absolute Gasteiger partial charge is 0.480 e. The molecule has 114 valence electrons. The molecule has 1 aromatic carbocycles. The van der Waals surface area contributed by atoms with Crippen LogP contribution in [0.15, 0.2) is 30.3 Å². The summed E-state index contributed by atoms with van der Waals surface area (Å²) in [7, 11) is 0. The summed E-state index contributed by atoms with van der Waals surface area (Å²) in [6.07, 6.45) is 1.57. The molecule has 0 amide bonds. The van der Waals surface area contributed by atoms with Gasteiger partial charge in [0, 0.05) is 6.54 Å². The van der Waals surface area contributed by atoms with Crippen molar-refractivity contribution in [2.24, 2.45) is 5.92 Å². The van der Waals surface area contributed by atoms with E-state index >= 15 is 0 Å². The van der Waals surface area contributed by atoms with Gasteiger partial charge in [-0.2, -0.15) is 0 Å². The molecule has 1 N–H and O–H groups in total. The Labute approximate surface area is 124 Å². The molecule has 1 saturated heterocycles. The molecule has 2 rings (SSSR count). The number of likely N-dealkylation sites (tertiary alicyclic amines) is 1. The van der Waals surface area contributed by atoms with Crippen molar-refractivity contribution in [3.63, 3.8) is 0 Å². The van der Waals surface area contributed by atoms with Crippen LogP contribution in [0.2, 0.25) is 0 Å². The van der Waals surface area contributed by atoms with Crippen molar-refractivity contribution in [1.82, 2.24) is 4.90 Å². The average Bonchev–Trinajstić information content (AvgIpc) is 2.49. The van der Waals surface area contributed by atoms with Crippen molar-refractivity contribution in [2.45, 2.75) is 25.8 Å². The molecule has 0 spiro atoms. The molecule has 1 fully saturated rings. The van der Waals surface area contributed by atoms with E-state index in [0.29, 0.717) is 19.7 Å². The molecule has 5 nitrogen and oxygen atoms in total. The van der Waals surface area contributed by atoms with Crippen LogP contribution < -0.4 is 0 Å². The van der Waals surface area contributed by atoms with Crippen molar-refractivity contribution >= 4 is 11.9 Å². The van der Waals surface area contributed by atoms with E-state index < -0.39 is 12.0 Å². The van der Waals surface area contributed by atoms with Crippen molar-refractivity contribution < 1.29 is 19.4 Å². The number of carbonyl (C=O) groups is 2. The lowest BCUT2D eigenvalue weighted by atomic mass is 9.95. The maximum absolute atomic E-state index is 11.9. The fourth-order valence-electron chi connectivity index (χ4n) is 2.84.